The van der Waals surface area contributed by atoms with Crippen LogP contribution in [0.25, 0.3) is 11.3 Å². The van der Waals surface area contributed by atoms with Crippen LogP contribution in [0.1, 0.15) is 12.1 Å². The molecule has 1 atom stereocenters. The Bertz CT molecular complexity index is 1090. The summed E-state index contributed by atoms with van der Waals surface area (Å²) >= 11 is 0. The molecule has 5 rings (SSSR count). The van der Waals surface area contributed by atoms with E-state index in [1.165, 1.54) is 6.07 Å². The number of hydrogen-bond acceptors (Lipinski definition) is 5. The molecule has 3 aromatic rings. The molecule has 0 radical (unpaired) electrons. The van der Waals surface area contributed by atoms with Crippen molar-refractivity contribution in [2.45, 2.75) is 19.4 Å². The van der Waals surface area contributed by atoms with Gasteiger partial charge in [0.25, 0.3) is 0 Å². The van der Waals surface area contributed by atoms with Crippen molar-refractivity contribution in [2.75, 3.05) is 28.2 Å². The van der Waals surface area contributed by atoms with Gasteiger partial charge in [0.15, 0.2) is 11.6 Å². The van der Waals surface area contributed by atoms with Gasteiger partial charge in [-0.2, -0.15) is 0 Å². The zero-order valence-corrected chi connectivity index (χ0v) is 15.8. The van der Waals surface area contributed by atoms with Gasteiger partial charge in [0.05, 0.1) is 23.6 Å². The summed E-state index contributed by atoms with van der Waals surface area (Å²) in [5.41, 5.74) is 2.88. The average molecular weight is 390 g/mol. The van der Waals surface area contributed by atoms with Gasteiger partial charge in [-0.25, -0.2) is 14.2 Å². The lowest BCUT2D eigenvalue weighted by molar-refractivity contribution is 0.255. The fraction of sp³-hybridized carbons (Fsp3) is 0.238. The van der Waals surface area contributed by atoms with E-state index in [4.69, 9.17) is 0 Å². The first-order valence-corrected chi connectivity index (χ1v) is 9.49. The highest BCUT2D eigenvalue weighted by Crippen LogP contribution is 2.41. The minimum Gasteiger partial charge on any atom is -0.366 e. The number of rotatable bonds is 2. The van der Waals surface area contributed by atoms with Gasteiger partial charge in [-0.3, -0.25) is 14.9 Å². The second kappa shape index (κ2) is 6.80. The molecule has 0 saturated carbocycles. The van der Waals surface area contributed by atoms with Gasteiger partial charge in [0.2, 0.25) is 0 Å². The third kappa shape index (κ3) is 3.06. The number of pyridine rings is 3. The lowest BCUT2D eigenvalue weighted by atomic mass is 10.1. The molecule has 1 saturated heterocycles. The Morgan fingerprint density at radius 1 is 1.28 bits per heavy atom. The third-order valence-electron chi connectivity index (χ3n) is 5.34. The van der Waals surface area contributed by atoms with Crippen molar-refractivity contribution < 1.29 is 9.18 Å². The van der Waals surface area contributed by atoms with Gasteiger partial charge in [-0.05, 0) is 37.6 Å². The number of carbonyl (C=O) groups excluding carboxylic acids is 1. The molecule has 8 heteroatoms. The van der Waals surface area contributed by atoms with Crippen molar-refractivity contribution in [3.63, 3.8) is 0 Å². The van der Waals surface area contributed by atoms with E-state index in [2.05, 4.69) is 25.2 Å². The second-order valence-corrected chi connectivity index (χ2v) is 7.28. The van der Waals surface area contributed by atoms with Crippen LogP contribution < -0.4 is 15.1 Å². The van der Waals surface area contributed by atoms with Crippen molar-refractivity contribution in [1.29, 1.82) is 0 Å². The van der Waals surface area contributed by atoms with Crippen molar-refractivity contribution in [3.05, 3.63) is 60.4 Å². The lowest BCUT2D eigenvalue weighted by Crippen LogP contribution is -2.48. The van der Waals surface area contributed by atoms with Gasteiger partial charge in [-0.1, -0.05) is 0 Å². The van der Waals surface area contributed by atoms with Gasteiger partial charge in [-0.15, -0.1) is 0 Å². The molecule has 2 amide bonds. The topological polar surface area (TPSA) is 74.2 Å². The Morgan fingerprint density at radius 3 is 2.97 bits per heavy atom. The normalized spacial score (nSPS) is 17.2. The van der Waals surface area contributed by atoms with E-state index in [0.717, 1.165) is 18.7 Å². The first-order chi connectivity index (χ1) is 14.1. The van der Waals surface area contributed by atoms with Crippen LogP contribution in [0.15, 0.2) is 48.9 Å². The number of carbonyl (C=O) groups is 1. The summed E-state index contributed by atoms with van der Waals surface area (Å²) in [6.07, 6.45) is 5.68. The summed E-state index contributed by atoms with van der Waals surface area (Å²) in [5.74, 6) is 0.0679. The average Bonchev–Trinajstić information content (AvgIpc) is 3.14. The first-order valence-electron chi connectivity index (χ1n) is 9.49. The highest BCUT2D eigenvalue weighted by atomic mass is 19.1. The van der Waals surface area contributed by atoms with Crippen molar-refractivity contribution in [2.24, 2.45) is 0 Å². The maximum Gasteiger partial charge on any atom is 0.327 e. The Morgan fingerprint density at radius 2 is 2.17 bits per heavy atom. The summed E-state index contributed by atoms with van der Waals surface area (Å²) in [4.78, 5) is 29.7. The van der Waals surface area contributed by atoms with Crippen molar-refractivity contribution in [3.8, 4) is 11.3 Å². The SMILES string of the molecule is Cc1cc(-c2nc3c(cc2F)N2CCC(C2)N3C(=O)Nc2cccnc2)ccn1. The van der Waals surface area contributed by atoms with E-state index in [-0.39, 0.29) is 17.8 Å². The number of anilines is 3. The van der Waals surface area contributed by atoms with Crippen LogP contribution in [0.2, 0.25) is 0 Å². The van der Waals surface area contributed by atoms with Crippen molar-refractivity contribution in [1.82, 2.24) is 15.0 Å². The maximum atomic E-state index is 15.0. The highest BCUT2D eigenvalue weighted by molar-refractivity contribution is 6.04. The Labute approximate surface area is 167 Å². The molecule has 5 heterocycles. The Hall–Kier alpha value is -3.55. The molecule has 0 aromatic carbocycles. The number of nitrogens with one attached hydrogen (secondary N) is 1. The van der Waals surface area contributed by atoms with E-state index in [0.29, 0.717) is 29.3 Å². The highest BCUT2D eigenvalue weighted by Gasteiger charge is 2.41. The molecular weight excluding hydrogens is 371 g/mol. The number of aryl methyl sites for hydroxylation is 1. The molecule has 2 bridgehead atoms. The van der Waals surface area contributed by atoms with Gasteiger partial charge in [0, 0.05) is 42.8 Å². The number of amides is 2. The van der Waals surface area contributed by atoms with E-state index in [1.54, 1.807) is 47.8 Å². The fourth-order valence-corrected chi connectivity index (χ4v) is 4.00. The summed E-state index contributed by atoms with van der Waals surface area (Å²) in [5, 5.41) is 2.88. The van der Waals surface area contributed by atoms with Crippen molar-refractivity contribution >= 4 is 23.2 Å². The van der Waals surface area contributed by atoms with E-state index >= 15 is 0 Å². The molecule has 1 fully saturated rings. The van der Waals surface area contributed by atoms with Gasteiger partial charge < -0.3 is 10.2 Å². The van der Waals surface area contributed by atoms with Gasteiger partial charge in [0.1, 0.15) is 5.69 Å². The number of halogens is 1. The van der Waals surface area contributed by atoms with Crippen LogP contribution in [0.4, 0.5) is 26.4 Å². The smallest absolute Gasteiger partial charge is 0.327 e. The fourth-order valence-electron chi connectivity index (χ4n) is 4.00. The standard InChI is InChI=1S/C21H19FN6O/c1-13-9-14(4-7-24-13)19-17(22)10-18-20(26-19)28(16-5-8-27(18)12-16)21(29)25-15-3-2-6-23-11-15/h2-4,6-7,9-11,16H,5,8,12H2,1H3,(H,25,29). The first kappa shape index (κ1) is 17.5. The van der Waals surface area contributed by atoms with Crippen LogP contribution in [-0.4, -0.2) is 40.1 Å². The number of nitrogens with zero attached hydrogens (tertiary/aromatic N) is 5. The molecule has 1 N–H and O–H groups in total. The Balaban J connectivity index is 1.58. The molecular formula is C21H19FN6O. The Kier molecular flexibility index (Phi) is 4.12. The number of hydrogen-bond donors (Lipinski definition) is 1. The minimum absolute atomic E-state index is 0.0100. The number of aromatic nitrogens is 3. The summed E-state index contributed by atoms with van der Waals surface area (Å²) in [6.45, 7) is 3.28. The molecule has 0 aliphatic carbocycles. The van der Waals surface area contributed by atoms with E-state index < -0.39 is 5.82 Å². The predicted molar refractivity (Wildman–Crippen MR) is 109 cm³/mol. The molecule has 0 spiro atoms. The predicted octanol–water partition coefficient (Wildman–Crippen LogP) is 3.62. The van der Waals surface area contributed by atoms with E-state index in [1.807, 2.05) is 6.92 Å². The molecule has 29 heavy (non-hydrogen) atoms. The maximum absolute atomic E-state index is 15.0. The molecule has 3 aromatic heterocycles. The molecule has 2 aliphatic rings. The zero-order valence-electron chi connectivity index (χ0n) is 15.8. The molecule has 146 valence electrons. The van der Waals surface area contributed by atoms with Crippen LogP contribution in [-0.2, 0) is 0 Å². The van der Waals surface area contributed by atoms with Crippen LogP contribution >= 0.6 is 0 Å². The monoisotopic (exact) mass is 390 g/mol. The van der Waals surface area contributed by atoms with E-state index in [9.17, 15) is 9.18 Å². The second-order valence-electron chi connectivity index (χ2n) is 7.28. The van der Waals surface area contributed by atoms with Crippen LogP contribution in [0, 0.1) is 12.7 Å². The summed E-state index contributed by atoms with van der Waals surface area (Å²) in [6, 6.07) is 8.23. The summed E-state index contributed by atoms with van der Waals surface area (Å²) < 4.78 is 15.0. The molecule has 7 nitrogen and oxygen atoms in total. The zero-order chi connectivity index (χ0) is 20.0. The minimum atomic E-state index is -0.410. The number of fused-ring (bicyclic) bond motifs is 4. The summed E-state index contributed by atoms with van der Waals surface area (Å²) in [7, 11) is 0. The number of urea groups is 1. The lowest BCUT2D eigenvalue weighted by Gasteiger charge is -2.36. The molecule has 2 aliphatic heterocycles. The van der Waals surface area contributed by atoms with Crippen LogP contribution in [0.5, 0.6) is 0 Å². The van der Waals surface area contributed by atoms with Crippen LogP contribution in [0.3, 0.4) is 0 Å². The largest absolute Gasteiger partial charge is 0.366 e. The van der Waals surface area contributed by atoms with Gasteiger partial charge >= 0.3 is 6.03 Å². The molecule has 1 unspecified atom stereocenters. The quantitative estimate of drug-likeness (QED) is 0.724. The third-order valence-corrected chi connectivity index (χ3v) is 5.34.